The molecule has 0 aromatic heterocycles. The number of carbonyl (C=O) groups is 2. The summed E-state index contributed by atoms with van der Waals surface area (Å²) in [6, 6.07) is 11.5. The zero-order valence-electron chi connectivity index (χ0n) is 21.4. The van der Waals surface area contributed by atoms with Gasteiger partial charge in [0.2, 0.25) is 21.8 Å². The Labute approximate surface area is 224 Å². The summed E-state index contributed by atoms with van der Waals surface area (Å²) in [4.78, 5) is 27.7. The molecule has 0 spiro atoms. The van der Waals surface area contributed by atoms with E-state index >= 15 is 0 Å². The van der Waals surface area contributed by atoms with Gasteiger partial charge in [0.25, 0.3) is 0 Å². The van der Waals surface area contributed by atoms with Crippen LogP contribution in [0.4, 0.5) is 5.69 Å². The molecule has 0 radical (unpaired) electrons. The standard InChI is InChI=1S/C26H35Cl2N3O4S/c1-6-19(3)29-26(33)20(4)30(17-21-13-14-22(27)23(28)16-21)25(32)12-9-15-31(36(5,34)35)24-11-8-7-10-18(24)2/h7-8,10-11,13-14,16,19-20H,6,9,12,15,17H2,1-5H3,(H,29,33)/t19-,20+/m0/s1. The number of amides is 2. The number of anilines is 1. The van der Waals surface area contributed by atoms with Crippen molar-refractivity contribution in [2.45, 2.75) is 65.6 Å². The number of para-hydroxylation sites is 1. The first-order valence-corrected chi connectivity index (χ1v) is 14.5. The van der Waals surface area contributed by atoms with E-state index < -0.39 is 16.1 Å². The fourth-order valence-corrected chi connectivity index (χ4v) is 5.05. The number of halogens is 2. The Morgan fingerprint density at radius 2 is 1.72 bits per heavy atom. The molecule has 0 aliphatic heterocycles. The topological polar surface area (TPSA) is 86.8 Å². The molecule has 0 saturated carbocycles. The second kappa shape index (κ2) is 13.3. The van der Waals surface area contributed by atoms with Crippen molar-refractivity contribution in [3.05, 3.63) is 63.6 Å². The lowest BCUT2D eigenvalue weighted by Crippen LogP contribution is -2.49. The molecule has 0 aliphatic carbocycles. The largest absolute Gasteiger partial charge is 0.352 e. The quantitative estimate of drug-likeness (QED) is 0.391. The van der Waals surface area contributed by atoms with Crippen LogP contribution in [0.25, 0.3) is 0 Å². The van der Waals surface area contributed by atoms with Crippen LogP contribution in [0.3, 0.4) is 0 Å². The van der Waals surface area contributed by atoms with Crippen molar-refractivity contribution >= 4 is 50.7 Å². The molecular weight excluding hydrogens is 521 g/mol. The van der Waals surface area contributed by atoms with Gasteiger partial charge in [-0.15, -0.1) is 0 Å². The van der Waals surface area contributed by atoms with Crippen molar-refractivity contribution in [2.75, 3.05) is 17.1 Å². The Kier molecular flexibility index (Phi) is 11.1. The number of hydrogen-bond acceptors (Lipinski definition) is 4. The number of nitrogens with one attached hydrogen (secondary N) is 1. The minimum absolute atomic E-state index is 0.0284. The molecule has 0 bridgehead atoms. The second-order valence-electron chi connectivity index (χ2n) is 8.99. The molecule has 1 N–H and O–H groups in total. The zero-order valence-corrected chi connectivity index (χ0v) is 23.8. The average Bonchev–Trinajstić information content (AvgIpc) is 2.81. The highest BCUT2D eigenvalue weighted by Gasteiger charge is 2.27. The van der Waals surface area contributed by atoms with Crippen LogP contribution in [0.2, 0.25) is 10.0 Å². The highest BCUT2D eigenvalue weighted by Crippen LogP contribution is 2.25. The molecule has 0 saturated heterocycles. The number of rotatable bonds is 12. The van der Waals surface area contributed by atoms with Crippen LogP contribution in [0, 0.1) is 6.92 Å². The number of benzene rings is 2. The van der Waals surface area contributed by atoms with Gasteiger partial charge in [0.1, 0.15) is 6.04 Å². The molecule has 2 aromatic carbocycles. The van der Waals surface area contributed by atoms with Crippen molar-refractivity contribution in [1.29, 1.82) is 0 Å². The molecule has 0 unspecified atom stereocenters. The van der Waals surface area contributed by atoms with Crippen LogP contribution in [0.1, 0.15) is 51.2 Å². The third kappa shape index (κ3) is 8.39. The zero-order chi connectivity index (χ0) is 27.0. The maximum atomic E-state index is 13.4. The first kappa shape index (κ1) is 29.9. The van der Waals surface area contributed by atoms with Crippen LogP contribution in [-0.2, 0) is 26.2 Å². The van der Waals surface area contributed by atoms with E-state index in [1.54, 1.807) is 37.3 Å². The summed E-state index contributed by atoms with van der Waals surface area (Å²) < 4.78 is 26.3. The Morgan fingerprint density at radius 1 is 1.06 bits per heavy atom. The van der Waals surface area contributed by atoms with Gasteiger partial charge in [-0.25, -0.2) is 8.42 Å². The van der Waals surface area contributed by atoms with Crippen molar-refractivity contribution < 1.29 is 18.0 Å². The number of carbonyl (C=O) groups excluding carboxylic acids is 2. The van der Waals surface area contributed by atoms with E-state index in [4.69, 9.17) is 23.2 Å². The third-order valence-electron chi connectivity index (χ3n) is 6.04. The van der Waals surface area contributed by atoms with E-state index in [0.717, 1.165) is 23.8 Å². The van der Waals surface area contributed by atoms with E-state index in [1.165, 1.54) is 9.21 Å². The molecule has 2 atom stereocenters. The Hall–Kier alpha value is -2.29. The second-order valence-corrected chi connectivity index (χ2v) is 11.7. The first-order valence-electron chi connectivity index (χ1n) is 11.9. The van der Waals surface area contributed by atoms with Gasteiger partial charge in [-0.3, -0.25) is 13.9 Å². The van der Waals surface area contributed by atoms with E-state index in [0.29, 0.717) is 15.7 Å². The molecule has 36 heavy (non-hydrogen) atoms. The minimum atomic E-state index is -3.55. The molecule has 0 heterocycles. The van der Waals surface area contributed by atoms with Crippen molar-refractivity contribution in [2.24, 2.45) is 0 Å². The van der Waals surface area contributed by atoms with Gasteiger partial charge in [0.05, 0.1) is 22.0 Å². The predicted molar refractivity (Wildman–Crippen MR) is 147 cm³/mol. The van der Waals surface area contributed by atoms with Gasteiger partial charge in [-0.05, 0) is 62.9 Å². The summed E-state index contributed by atoms with van der Waals surface area (Å²) in [7, 11) is -3.55. The summed E-state index contributed by atoms with van der Waals surface area (Å²) in [6.07, 6.45) is 2.27. The van der Waals surface area contributed by atoms with E-state index in [2.05, 4.69) is 5.32 Å². The van der Waals surface area contributed by atoms with Gasteiger partial charge in [-0.2, -0.15) is 0 Å². The smallest absolute Gasteiger partial charge is 0.242 e. The van der Waals surface area contributed by atoms with Gasteiger partial charge in [0, 0.05) is 25.6 Å². The van der Waals surface area contributed by atoms with Gasteiger partial charge >= 0.3 is 0 Å². The average molecular weight is 557 g/mol. The number of hydrogen-bond donors (Lipinski definition) is 1. The maximum Gasteiger partial charge on any atom is 0.242 e. The van der Waals surface area contributed by atoms with Crippen LogP contribution >= 0.6 is 23.2 Å². The Bertz CT molecular complexity index is 1170. The minimum Gasteiger partial charge on any atom is -0.352 e. The third-order valence-corrected chi connectivity index (χ3v) is 7.96. The molecule has 2 aromatic rings. The highest BCUT2D eigenvalue weighted by atomic mass is 35.5. The van der Waals surface area contributed by atoms with E-state index in [-0.39, 0.29) is 43.8 Å². The molecule has 2 amide bonds. The van der Waals surface area contributed by atoms with Gasteiger partial charge < -0.3 is 10.2 Å². The SMILES string of the molecule is CC[C@H](C)NC(=O)[C@@H](C)N(Cc1ccc(Cl)c(Cl)c1)C(=O)CCCN(c1ccccc1C)S(C)(=O)=O. The lowest BCUT2D eigenvalue weighted by Gasteiger charge is -2.30. The lowest BCUT2D eigenvalue weighted by atomic mass is 10.1. The molecule has 2 rings (SSSR count). The molecule has 0 fully saturated rings. The molecule has 0 aliphatic rings. The first-order chi connectivity index (χ1) is 16.8. The van der Waals surface area contributed by atoms with Gasteiger partial charge in [0.15, 0.2) is 0 Å². The van der Waals surface area contributed by atoms with Crippen LogP contribution < -0.4 is 9.62 Å². The monoisotopic (exact) mass is 555 g/mol. The summed E-state index contributed by atoms with van der Waals surface area (Å²) >= 11 is 12.2. The normalized spacial score (nSPS) is 13.1. The Balaban J connectivity index is 2.21. The lowest BCUT2D eigenvalue weighted by molar-refractivity contribution is -0.140. The van der Waals surface area contributed by atoms with Crippen LogP contribution in [0.15, 0.2) is 42.5 Å². The number of nitrogens with zero attached hydrogens (tertiary/aromatic N) is 2. The summed E-state index contributed by atoms with van der Waals surface area (Å²) in [5.74, 6) is -0.512. The predicted octanol–water partition coefficient (Wildman–Crippen LogP) is 5.18. The van der Waals surface area contributed by atoms with Crippen molar-refractivity contribution in [1.82, 2.24) is 10.2 Å². The van der Waals surface area contributed by atoms with Crippen molar-refractivity contribution in [3.63, 3.8) is 0 Å². The van der Waals surface area contributed by atoms with Crippen LogP contribution in [0.5, 0.6) is 0 Å². The number of aryl methyl sites for hydroxylation is 1. The summed E-state index contributed by atoms with van der Waals surface area (Å²) in [6.45, 7) is 7.71. The van der Waals surface area contributed by atoms with E-state index in [1.807, 2.05) is 32.9 Å². The fourth-order valence-electron chi connectivity index (χ4n) is 3.71. The molecular formula is C26H35Cl2N3O4S. The summed E-state index contributed by atoms with van der Waals surface area (Å²) in [5.41, 5.74) is 2.14. The highest BCUT2D eigenvalue weighted by molar-refractivity contribution is 7.92. The molecule has 10 heteroatoms. The van der Waals surface area contributed by atoms with Gasteiger partial charge in [-0.1, -0.05) is 54.4 Å². The summed E-state index contributed by atoms with van der Waals surface area (Å²) in [5, 5.41) is 3.69. The Morgan fingerprint density at radius 3 is 2.31 bits per heavy atom. The molecule has 198 valence electrons. The van der Waals surface area contributed by atoms with Crippen molar-refractivity contribution in [3.8, 4) is 0 Å². The maximum absolute atomic E-state index is 13.4. The van der Waals surface area contributed by atoms with Crippen LogP contribution in [-0.4, -0.2) is 50.0 Å². The fraction of sp³-hybridized carbons (Fsp3) is 0.462. The van der Waals surface area contributed by atoms with E-state index in [9.17, 15) is 18.0 Å². The molecule has 7 nitrogen and oxygen atoms in total. The number of sulfonamides is 1.